The summed E-state index contributed by atoms with van der Waals surface area (Å²) in [7, 11) is 1.96. The molecule has 0 aliphatic rings. The topological polar surface area (TPSA) is 62.7 Å². The van der Waals surface area contributed by atoms with Crippen LogP contribution >= 0.6 is 0 Å². The standard InChI is InChI=1S/C14H14N4O/c1-18-6-2-3-11(18)8-15-14(19)10-4-5-12-13(7-10)17-9-16-12/h2-7,9H,8H2,1H3,(H,15,19)(H,16,17). The first-order valence-corrected chi connectivity index (χ1v) is 6.05. The Morgan fingerprint density at radius 1 is 1.42 bits per heavy atom. The van der Waals surface area contributed by atoms with Crippen molar-refractivity contribution in [2.75, 3.05) is 0 Å². The van der Waals surface area contributed by atoms with Gasteiger partial charge in [0.25, 0.3) is 5.91 Å². The third-order valence-electron chi connectivity index (χ3n) is 3.16. The second-order valence-corrected chi connectivity index (χ2v) is 4.43. The number of carbonyl (C=O) groups excluding carboxylic acids is 1. The van der Waals surface area contributed by atoms with Crippen LogP contribution in [0.5, 0.6) is 0 Å². The van der Waals surface area contributed by atoms with Crippen LogP contribution in [0.25, 0.3) is 11.0 Å². The summed E-state index contributed by atoms with van der Waals surface area (Å²) < 4.78 is 1.98. The Hall–Kier alpha value is -2.56. The van der Waals surface area contributed by atoms with Crippen LogP contribution in [-0.2, 0) is 13.6 Å². The maximum Gasteiger partial charge on any atom is 0.251 e. The number of nitrogens with zero attached hydrogens (tertiary/aromatic N) is 2. The molecule has 1 amide bonds. The second-order valence-electron chi connectivity index (χ2n) is 4.43. The van der Waals surface area contributed by atoms with E-state index >= 15 is 0 Å². The number of hydrogen-bond donors (Lipinski definition) is 2. The Balaban J connectivity index is 1.74. The highest BCUT2D eigenvalue weighted by Gasteiger charge is 2.07. The van der Waals surface area contributed by atoms with E-state index in [-0.39, 0.29) is 5.91 Å². The molecule has 0 aliphatic carbocycles. The predicted octanol–water partition coefficient (Wildman–Crippen LogP) is 1.83. The van der Waals surface area contributed by atoms with E-state index in [1.54, 1.807) is 12.4 Å². The fraction of sp³-hybridized carbons (Fsp3) is 0.143. The largest absolute Gasteiger partial charge is 0.353 e. The van der Waals surface area contributed by atoms with Crippen LogP contribution in [0, 0.1) is 0 Å². The summed E-state index contributed by atoms with van der Waals surface area (Å²) in [6.07, 6.45) is 3.58. The average Bonchev–Trinajstić information content (AvgIpc) is 3.03. The molecule has 0 unspecified atom stereocenters. The van der Waals surface area contributed by atoms with E-state index in [9.17, 15) is 4.79 Å². The van der Waals surface area contributed by atoms with Gasteiger partial charge < -0.3 is 14.9 Å². The minimum absolute atomic E-state index is 0.0855. The van der Waals surface area contributed by atoms with Crippen LogP contribution in [-0.4, -0.2) is 20.4 Å². The Morgan fingerprint density at radius 3 is 3.11 bits per heavy atom. The van der Waals surface area contributed by atoms with Gasteiger partial charge >= 0.3 is 0 Å². The Bertz CT molecular complexity index is 726. The lowest BCUT2D eigenvalue weighted by Crippen LogP contribution is -2.23. The Kier molecular flexibility index (Phi) is 2.79. The molecule has 0 aliphatic heterocycles. The van der Waals surface area contributed by atoms with E-state index < -0.39 is 0 Å². The lowest BCUT2D eigenvalue weighted by molar-refractivity contribution is 0.0950. The van der Waals surface area contributed by atoms with E-state index in [1.165, 1.54) is 0 Å². The zero-order chi connectivity index (χ0) is 13.2. The van der Waals surface area contributed by atoms with Gasteiger partial charge in [-0.3, -0.25) is 4.79 Å². The summed E-state index contributed by atoms with van der Waals surface area (Å²) in [5.41, 5.74) is 3.42. The molecule has 0 atom stereocenters. The molecule has 0 saturated carbocycles. The minimum atomic E-state index is -0.0855. The maximum absolute atomic E-state index is 12.1. The fourth-order valence-corrected chi connectivity index (χ4v) is 2.03. The summed E-state index contributed by atoms with van der Waals surface area (Å²) in [5.74, 6) is -0.0855. The molecular formula is C14H14N4O. The molecule has 0 saturated heterocycles. The Morgan fingerprint density at radius 2 is 2.32 bits per heavy atom. The highest BCUT2D eigenvalue weighted by molar-refractivity contribution is 5.97. The first-order chi connectivity index (χ1) is 9.24. The molecule has 3 rings (SSSR count). The average molecular weight is 254 g/mol. The van der Waals surface area contributed by atoms with Crippen LogP contribution < -0.4 is 5.32 Å². The van der Waals surface area contributed by atoms with Crippen molar-refractivity contribution >= 4 is 16.9 Å². The number of H-pyrrole nitrogens is 1. The Labute approximate surface area is 110 Å². The summed E-state index contributed by atoms with van der Waals surface area (Å²) in [5, 5.41) is 2.90. The molecule has 3 aromatic rings. The monoisotopic (exact) mass is 254 g/mol. The number of hydrogen-bond acceptors (Lipinski definition) is 2. The third-order valence-corrected chi connectivity index (χ3v) is 3.16. The first-order valence-electron chi connectivity index (χ1n) is 6.05. The van der Waals surface area contributed by atoms with Gasteiger partial charge in [0.1, 0.15) is 0 Å². The van der Waals surface area contributed by atoms with Gasteiger partial charge in [-0.2, -0.15) is 0 Å². The molecule has 2 aromatic heterocycles. The zero-order valence-electron chi connectivity index (χ0n) is 10.6. The van der Waals surface area contributed by atoms with Crippen molar-refractivity contribution in [1.82, 2.24) is 19.9 Å². The molecule has 19 heavy (non-hydrogen) atoms. The highest BCUT2D eigenvalue weighted by atomic mass is 16.1. The van der Waals surface area contributed by atoms with Crippen LogP contribution in [0.4, 0.5) is 0 Å². The van der Waals surface area contributed by atoms with E-state index in [1.807, 2.05) is 42.1 Å². The highest BCUT2D eigenvalue weighted by Crippen LogP contribution is 2.11. The van der Waals surface area contributed by atoms with E-state index in [0.29, 0.717) is 12.1 Å². The number of carbonyl (C=O) groups is 1. The molecule has 2 N–H and O–H groups in total. The third kappa shape index (κ3) is 2.22. The number of amides is 1. The predicted molar refractivity (Wildman–Crippen MR) is 72.7 cm³/mol. The number of rotatable bonds is 3. The molecule has 0 spiro atoms. The van der Waals surface area contributed by atoms with Crippen molar-refractivity contribution in [3.05, 3.63) is 54.1 Å². The molecule has 96 valence electrons. The summed E-state index contributed by atoms with van der Waals surface area (Å²) in [6, 6.07) is 9.37. The second kappa shape index (κ2) is 4.61. The van der Waals surface area contributed by atoms with Gasteiger partial charge in [0.15, 0.2) is 0 Å². The molecule has 0 fully saturated rings. The molecular weight excluding hydrogens is 240 g/mol. The van der Waals surface area contributed by atoms with Crippen molar-refractivity contribution in [3.63, 3.8) is 0 Å². The van der Waals surface area contributed by atoms with Gasteiger partial charge in [-0.1, -0.05) is 0 Å². The number of nitrogens with one attached hydrogen (secondary N) is 2. The van der Waals surface area contributed by atoms with Gasteiger partial charge in [0.05, 0.1) is 23.9 Å². The van der Waals surface area contributed by atoms with Gasteiger partial charge in [-0.25, -0.2) is 4.98 Å². The summed E-state index contributed by atoms with van der Waals surface area (Å²) in [4.78, 5) is 19.2. The maximum atomic E-state index is 12.1. The van der Waals surface area contributed by atoms with Gasteiger partial charge in [-0.15, -0.1) is 0 Å². The van der Waals surface area contributed by atoms with Crippen molar-refractivity contribution in [2.24, 2.45) is 7.05 Å². The van der Waals surface area contributed by atoms with Gasteiger partial charge in [0, 0.05) is 24.5 Å². The lowest BCUT2D eigenvalue weighted by Gasteiger charge is -2.06. The van der Waals surface area contributed by atoms with Crippen molar-refractivity contribution in [2.45, 2.75) is 6.54 Å². The van der Waals surface area contributed by atoms with Crippen LogP contribution in [0.2, 0.25) is 0 Å². The number of aryl methyl sites for hydroxylation is 1. The van der Waals surface area contributed by atoms with Gasteiger partial charge in [-0.05, 0) is 30.3 Å². The molecule has 5 heteroatoms. The number of aromatic nitrogens is 3. The summed E-state index contributed by atoms with van der Waals surface area (Å²) in [6.45, 7) is 0.517. The smallest absolute Gasteiger partial charge is 0.251 e. The number of imidazole rings is 1. The van der Waals surface area contributed by atoms with Gasteiger partial charge in [0.2, 0.25) is 0 Å². The van der Waals surface area contributed by atoms with Crippen molar-refractivity contribution in [3.8, 4) is 0 Å². The van der Waals surface area contributed by atoms with Crippen molar-refractivity contribution < 1.29 is 4.79 Å². The molecule has 2 heterocycles. The molecule has 5 nitrogen and oxygen atoms in total. The fourth-order valence-electron chi connectivity index (χ4n) is 2.03. The molecule has 0 radical (unpaired) electrons. The van der Waals surface area contributed by atoms with Crippen LogP contribution in [0.15, 0.2) is 42.9 Å². The van der Waals surface area contributed by atoms with Crippen LogP contribution in [0.1, 0.15) is 16.1 Å². The normalized spacial score (nSPS) is 10.8. The van der Waals surface area contributed by atoms with Crippen LogP contribution in [0.3, 0.4) is 0 Å². The van der Waals surface area contributed by atoms with E-state index in [2.05, 4.69) is 15.3 Å². The number of benzene rings is 1. The zero-order valence-corrected chi connectivity index (χ0v) is 10.6. The number of aromatic amines is 1. The number of fused-ring (bicyclic) bond motifs is 1. The summed E-state index contributed by atoms with van der Waals surface area (Å²) >= 11 is 0. The van der Waals surface area contributed by atoms with E-state index in [0.717, 1.165) is 16.7 Å². The lowest BCUT2D eigenvalue weighted by atomic mass is 10.2. The van der Waals surface area contributed by atoms with Crippen molar-refractivity contribution in [1.29, 1.82) is 0 Å². The molecule has 1 aromatic carbocycles. The SMILES string of the molecule is Cn1cccc1CNC(=O)c1ccc2nc[nH]c2c1. The minimum Gasteiger partial charge on any atom is -0.353 e. The van der Waals surface area contributed by atoms with E-state index in [4.69, 9.17) is 0 Å². The first kappa shape index (κ1) is 11.5. The quantitative estimate of drug-likeness (QED) is 0.749. The molecule has 0 bridgehead atoms.